The molecule has 0 aliphatic carbocycles. The molecule has 2 unspecified atom stereocenters. The maximum absolute atomic E-state index is 5.31. The molecule has 1 aromatic rings. The molecule has 0 saturated carbocycles. The fourth-order valence-corrected chi connectivity index (χ4v) is 3.31. The molecule has 1 N–H and O–H groups in total. The van der Waals surface area contributed by atoms with Crippen LogP contribution in [0.15, 0.2) is 30.3 Å². The highest BCUT2D eigenvalue weighted by molar-refractivity contribution is 5.25. The zero-order chi connectivity index (χ0) is 15.3. The first-order valence-electron chi connectivity index (χ1n) is 8.08. The number of hydrogen-bond acceptors (Lipinski definition) is 3. The van der Waals surface area contributed by atoms with Gasteiger partial charge in [0.15, 0.2) is 0 Å². The third kappa shape index (κ3) is 4.29. The molecule has 1 aliphatic rings. The second-order valence-corrected chi connectivity index (χ2v) is 6.83. The van der Waals surface area contributed by atoms with Gasteiger partial charge in [0.2, 0.25) is 0 Å². The summed E-state index contributed by atoms with van der Waals surface area (Å²) in [6.45, 7) is 10.8. The first kappa shape index (κ1) is 16.5. The predicted molar refractivity (Wildman–Crippen MR) is 88.5 cm³/mol. The number of methoxy groups -OCH3 is 1. The van der Waals surface area contributed by atoms with Gasteiger partial charge in [0.25, 0.3) is 0 Å². The Morgan fingerprint density at radius 2 is 2.05 bits per heavy atom. The van der Waals surface area contributed by atoms with E-state index < -0.39 is 0 Å². The van der Waals surface area contributed by atoms with E-state index in [2.05, 4.69) is 61.3 Å². The van der Waals surface area contributed by atoms with E-state index in [9.17, 15) is 0 Å². The number of hydrogen-bond donors (Lipinski definition) is 1. The first-order valence-corrected chi connectivity index (χ1v) is 8.08. The summed E-state index contributed by atoms with van der Waals surface area (Å²) in [6, 6.07) is 11.4. The molecule has 0 bridgehead atoms. The van der Waals surface area contributed by atoms with Crippen LogP contribution in [0.1, 0.15) is 32.8 Å². The van der Waals surface area contributed by atoms with Gasteiger partial charge in [-0.25, -0.2) is 0 Å². The van der Waals surface area contributed by atoms with Gasteiger partial charge in [-0.3, -0.25) is 4.90 Å². The SMILES string of the molecule is COCCN1CC(C)(c2ccccc2)NCC1CC(C)C. The van der Waals surface area contributed by atoms with E-state index in [-0.39, 0.29) is 5.54 Å². The Morgan fingerprint density at radius 1 is 1.33 bits per heavy atom. The largest absolute Gasteiger partial charge is 0.383 e. The summed E-state index contributed by atoms with van der Waals surface area (Å²) in [5.74, 6) is 0.725. The highest BCUT2D eigenvalue weighted by Gasteiger charge is 2.36. The van der Waals surface area contributed by atoms with Crippen LogP contribution >= 0.6 is 0 Å². The lowest BCUT2D eigenvalue weighted by atomic mass is 9.86. The van der Waals surface area contributed by atoms with E-state index >= 15 is 0 Å². The smallest absolute Gasteiger partial charge is 0.0589 e. The maximum atomic E-state index is 5.31. The molecule has 1 aromatic carbocycles. The summed E-state index contributed by atoms with van der Waals surface area (Å²) >= 11 is 0. The Kier molecular flexibility index (Phi) is 5.80. The summed E-state index contributed by atoms with van der Waals surface area (Å²) in [4.78, 5) is 2.60. The van der Waals surface area contributed by atoms with Gasteiger partial charge in [0.1, 0.15) is 0 Å². The van der Waals surface area contributed by atoms with Gasteiger partial charge in [0.05, 0.1) is 12.1 Å². The van der Waals surface area contributed by atoms with Crippen LogP contribution in [-0.2, 0) is 10.3 Å². The number of piperazine rings is 1. The first-order chi connectivity index (χ1) is 10.0. The molecule has 0 aromatic heterocycles. The molecule has 1 heterocycles. The fourth-order valence-electron chi connectivity index (χ4n) is 3.31. The van der Waals surface area contributed by atoms with Crippen LogP contribution in [0.25, 0.3) is 0 Å². The lowest BCUT2D eigenvalue weighted by molar-refractivity contribution is 0.0488. The molecule has 1 saturated heterocycles. The number of rotatable bonds is 6. The van der Waals surface area contributed by atoms with Gasteiger partial charge in [-0.15, -0.1) is 0 Å². The van der Waals surface area contributed by atoms with Crippen LogP contribution in [0, 0.1) is 5.92 Å². The van der Waals surface area contributed by atoms with Gasteiger partial charge in [-0.05, 0) is 24.8 Å². The zero-order valence-electron chi connectivity index (χ0n) is 13.9. The Bertz CT molecular complexity index is 420. The summed E-state index contributed by atoms with van der Waals surface area (Å²) in [6.07, 6.45) is 1.24. The van der Waals surface area contributed by atoms with Crippen LogP contribution in [0.5, 0.6) is 0 Å². The number of ether oxygens (including phenoxy) is 1. The third-order valence-electron chi connectivity index (χ3n) is 4.50. The van der Waals surface area contributed by atoms with Crippen LogP contribution in [0.3, 0.4) is 0 Å². The maximum Gasteiger partial charge on any atom is 0.0589 e. The van der Waals surface area contributed by atoms with E-state index in [1.807, 2.05) is 0 Å². The minimum atomic E-state index is 0.0302. The van der Waals surface area contributed by atoms with Crippen LogP contribution in [-0.4, -0.2) is 44.3 Å². The van der Waals surface area contributed by atoms with Gasteiger partial charge >= 0.3 is 0 Å². The monoisotopic (exact) mass is 290 g/mol. The fraction of sp³-hybridized carbons (Fsp3) is 0.667. The van der Waals surface area contributed by atoms with E-state index in [1.165, 1.54) is 12.0 Å². The molecule has 2 rings (SSSR count). The van der Waals surface area contributed by atoms with Crippen molar-refractivity contribution in [3.05, 3.63) is 35.9 Å². The minimum absolute atomic E-state index is 0.0302. The van der Waals surface area contributed by atoms with Crippen LogP contribution in [0.2, 0.25) is 0 Å². The molecule has 3 nitrogen and oxygen atoms in total. The summed E-state index contributed by atoms with van der Waals surface area (Å²) in [7, 11) is 1.79. The van der Waals surface area contributed by atoms with Crippen molar-refractivity contribution in [2.45, 2.75) is 38.8 Å². The minimum Gasteiger partial charge on any atom is -0.383 e. The van der Waals surface area contributed by atoms with Gasteiger partial charge in [0, 0.05) is 32.8 Å². The van der Waals surface area contributed by atoms with Crippen molar-refractivity contribution >= 4 is 0 Å². The quantitative estimate of drug-likeness (QED) is 0.872. The molecule has 3 heteroatoms. The standard InChI is InChI=1S/C18H30N2O/c1-15(2)12-17-13-19-18(3,14-20(17)10-11-21-4)16-8-6-5-7-9-16/h5-9,15,17,19H,10-14H2,1-4H3. The Morgan fingerprint density at radius 3 is 2.67 bits per heavy atom. The Hall–Kier alpha value is -0.900. The summed E-state index contributed by atoms with van der Waals surface area (Å²) in [5.41, 5.74) is 1.40. The molecular formula is C18H30N2O. The molecule has 2 atom stereocenters. The Balaban J connectivity index is 2.11. The molecule has 21 heavy (non-hydrogen) atoms. The van der Waals surface area contributed by atoms with Crippen molar-refractivity contribution in [3.8, 4) is 0 Å². The molecule has 1 aliphatic heterocycles. The summed E-state index contributed by atoms with van der Waals surface area (Å²) in [5, 5.41) is 3.79. The summed E-state index contributed by atoms with van der Waals surface area (Å²) < 4.78 is 5.31. The molecular weight excluding hydrogens is 260 g/mol. The number of nitrogens with one attached hydrogen (secondary N) is 1. The van der Waals surface area contributed by atoms with Gasteiger partial charge in [-0.2, -0.15) is 0 Å². The number of nitrogens with zero attached hydrogens (tertiary/aromatic N) is 1. The highest BCUT2D eigenvalue weighted by atomic mass is 16.5. The van der Waals surface area contributed by atoms with E-state index in [1.54, 1.807) is 7.11 Å². The topological polar surface area (TPSA) is 24.5 Å². The van der Waals surface area contributed by atoms with E-state index in [0.717, 1.165) is 32.2 Å². The van der Waals surface area contributed by atoms with Crippen molar-refractivity contribution < 1.29 is 4.74 Å². The second kappa shape index (κ2) is 7.39. The van der Waals surface area contributed by atoms with Crippen molar-refractivity contribution in [1.82, 2.24) is 10.2 Å². The molecule has 1 fully saturated rings. The second-order valence-electron chi connectivity index (χ2n) is 6.83. The highest BCUT2D eigenvalue weighted by Crippen LogP contribution is 2.28. The van der Waals surface area contributed by atoms with Crippen molar-refractivity contribution in [3.63, 3.8) is 0 Å². The molecule has 0 amide bonds. The average molecular weight is 290 g/mol. The molecule has 0 spiro atoms. The van der Waals surface area contributed by atoms with Gasteiger partial charge in [-0.1, -0.05) is 44.2 Å². The van der Waals surface area contributed by atoms with E-state index in [0.29, 0.717) is 6.04 Å². The van der Waals surface area contributed by atoms with Crippen molar-refractivity contribution in [2.24, 2.45) is 5.92 Å². The van der Waals surface area contributed by atoms with Crippen molar-refractivity contribution in [2.75, 3.05) is 33.4 Å². The average Bonchev–Trinajstić information content (AvgIpc) is 2.48. The zero-order valence-corrected chi connectivity index (χ0v) is 13.9. The number of benzene rings is 1. The van der Waals surface area contributed by atoms with Crippen LogP contribution in [0.4, 0.5) is 0 Å². The normalized spacial score (nSPS) is 27.2. The van der Waals surface area contributed by atoms with Gasteiger partial charge < -0.3 is 10.1 Å². The van der Waals surface area contributed by atoms with Crippen LogP contribution < -0.4 is 5.32 Å². The van der Waals surface area contributed by atoms with Crippen molar-refractivity contribution in [1.29, 1.82) is 0 Å². The Labute approximate surface area is 129 Å². The lowest BCUT2D eigenvalue weighted by Gasteiger charge is -2.47. The lowest BCUT2D eigenvalue weighted by Crippen LogP contribution is -2.61. The predicted octanol–water partition coefficient (Wildman–Crippen LogP) is 2.87. The third-order valence-corrected chi connectivity index (χ3v) is 4.50. The molecule has 118 valence electrons. The van der Waals surface area contributed by atoms with E-state index in [4.69, 9.17) is 4.74 Å². The molecule has 0 radical (unpaired) electrons.